The summed E-state index contributed by atoms with van der Waals surface area (Å²) in [5, 5.41) is 6.94. The van der Waals surface area contributed by atoms with Crippen molar-refractivity contribution in [2.24, 2.45) is 11.8 Å². The SMILES string of the molecule is CCCc1nc(NCC)c(C)c(NCC2CCC(C)C2)n1. The van der Waals surface area contributed by atoms with Crippen molar-refractivity contribution in [1.29, 1.82) is 0 Å². The number of hydrogen-bond acceptors (Lipinski definition) is 4. The molecule has 4 heteroatoms. The van der Waals surface area contributed by atoms with E-state index in [4.69, 9.17) is 4.98 Å². The van der Waals surface area contributed by atoms with Crippen LogP contribution in [0.4, 0.5) is 11.6 Å². The fourth-order valence-corrected chi connectivity index (χ4v) is 3.16. The van der Waals surface area contributed by atoms with Gasteiger partial charge < -0.3 is 10.6 Å². The van der Waals surface area contributed by atoms with E-state index in [1.807, 2.05) is 0 Å². The highest BCUT2D eigenvalue weighted by atomic mass is 15.1. The van der Waals surface area contributed by atoms with E-state index in [0.29, 0.717) is 0 Å². The third kappa shape index (κ3) is 4.32. The molecule has 1 aromatic heterocycles. The average molecular weight is 290 g/mol. The summed E-state index contributed by atoms with van der Waals surface area (Å²) in [4.78, 5) is 9.36. The van der Waals surface area contributed by atoms with Crippen LogP contribution in [0.25, 0.3) is 0 Å². The topological polar surface area (TPSA) is 49.8 Å². The van der Waals surface area contributed by atoms with Crippen LogP contribution in [0.15, 0.2) is 0 Å². The molecule has 0 radical (unpaired) electrons. The largest absolute Gasteiger partial charge is 0.370 e. The summed E-state index contributed by atoms with van der Waals surface area (Å²) in [5.41, 5.74) is 1.14. The number of aromatic nitrogens is 2. The molecular formula is C17H30N4. The molecular weight excluding hydrogens is 260 g/mol. The van der Waals surface area contributed by atoms with Crippen LogP contribution in [-0.2, 0) is 6.42 Å². The van der Waals surface area contributed by atoms with E-state index in [-0.39, 0.29) is 0 Å². The summed E-state index contributed by atoms with van der Waals surface area (Å²) in [5.74, 6) is 4.63. The smallest absolute Gasteiger partial charge is 0.134 e. The normalized spacial score (nSPS) is 21.5. The molecule has 0 bridgehead atoms. The number of nitrogens with one attached hydrogen (secondary N) is 2. The van der Waals surface area contributed by atoms with Gasteiger partial charge in [-0.1, -0.05) is 20.3 Å². The van der Waals surface area contributed by atoms with Gasteiger partial charge >= 0.3 is 0 Å². The van der Waals surface area contributed by atoms with Gasteiger partial charge in [0.2, 0.25) is 0 Å². The summed E-state index contributed by atoms with van der Waals surface area (Å²) in [7, 11) is 0. The molecule has 0 saturated heterocycles. The fraction of sp³-hybridized carbons (Fsp3) is 0.765. The Bertz CT molecular complexity index is 458. The first-order chi connectivity index (χ1) is 10.1. The zero-order chi connectivity index (χ0) is 15.2. The Morgan fingerprint density at radius 2 is 1.81 bits per heavy atom. The molecule has 0 aliphatic heterocycles. The molecule has 1 aliphatic rings. The van der Waals surface area contributed by atoms with Crippen LogP contribution in [0.5, 0.6) is 0 Å². The van der Waals surface area contributed by atoms with E-state index in [1.54, 1.807) is 0 Å². The van der Waals surface area contributed by atoms with Crippen molar-refractivity contribution in [2.75, 3.05) is 23.7 Å². The molecule has 2 N–H and O–H groups in total. The lowest BCUT2D eigenvalue weighted by Gasteiger charge is -2.16. The molecule has 1 aromatic rings. The monoisotopic (exact) mass is 290 g/mol. The lowest BCUT2D eigenvalue weighted by Crippen LogP contribution is -2.16. The molecule has 0 amide bonds. The molecule has 1 fully saturated rings. The molecule has 1 heterocycles. The Morgan fingerprint density at radius 1 is 1.10 bits per heavy atom. The summed E-state index contributed by atoms with van der Waals surface area (Å²) in [6.07, 6.45) is 6.08. The first-order valence-corrected chi connectivity index (χ1v) is 8.49. The van der Waals surface area contributed by atoms with Gasteiger partial charge in [-0.05, 0) is 44.9 Å². The van der Waals surface area contributed by atoms with Crippen LogP contribution in [0, 0.1) is 18.8 Å². The van der Waals surface area contributed by atoms with Gasteiger partial charge in [0, 0.05) is 25.1 Å². The van der Waals surface area contributed by atoms with Crippen LogP contribution < -0.4 is 10.6 Å². The molecule has 0 aromatic carbocycles. The number of nitrogens with zero attached hydrogens (tertiary/aromatic N) is 2. The minimum absolute atomic E-state index is 0.798. The van der Waals surface area contributed by atoms with Gasteiger partial charge in [0.1, 0.15) is 17.5 Å². The molecule has 0 spiro atoms. The van der Waals surface area contributed by atoms with E-state index in [0.717, 1.165) is 60.8 Å². The lowest BCUT2D eigenvalue weighted by molar-refractivity contribution is 0.536. The highest BCUT2D eigenvalue weighted by Crippen LogP contribution is 2.30. The minimum Gasteiger partial charge on any atom is -0.370 e. The number of rotatable bonds is 7. The van der Waals surface area contributed by atoms with Crippen molar-refractivity contribution < 1.29 is 0 Å². The van der Waals surface area contributed by atoms with Crippen LogP contribution in [-0.4, -0.2) is 23.1 Å². The van der Waals surface area contributed by atoms with E-state index in [2.05, 4.69) is 43.3 Å². The average Bonchev–Trinajstić information content (AvgIpc) is 2.87. The molecule has 4 nitrogen and oxygen atoms in total. The van der Waals surface area contributed by atoms with Gasteiger partial charge in [-0.2, -0.15) is 0 Å². The van der Waals surface area contributed by atoms with Crippen molar-refractivity contribution in [1.82, 2.24) is 9.97 Å². The van der Waals surface area contributed by atoms with Gasteiger partial charge in [0.05, 0.1) is 0 Å². The summed E-state index contributed by atoms with van der Waals surface area (Å²) < 4.78 is 0. The lowest BCUT2D eigenvalue weighted by atomic mass is 10.1. The zero-order valence-corrected chi connectivity index (χ0v) is 14.0. The number of anilines is 2. The third-order valence-corrected chi connectivity index (χ3v) is 4.37. The second-order valence-corrected chi connectivity index (χ2v) is 6.41. The van der Waals surface area contributed by atoms with Gasteiger partial charge in [0.15, 0.2) is 0 Å². The standard InChI is InChI=1S/C17H30N4/c1-5-7-15-20-16(18-6-2)13(4)17(21-15)19-11-14-9-8-12(3)10-14/h12,14H,5-11H2,1-4H3,(H2,18,19,20,21). The Labute approximate surface area is 129 Å². The number of aryl methyl sites for hydroxylation is 1. The zero-order valence-electron chi connectivity index (χ0n) is 14.0. The van der Waals surface area contributed by atoms with Crippen LogP contribution in [0.3, 0.4) is 0 Å². The second-order valence-electron chi connectivity index (χ2n) is 6.41. The van der Waals surface area contributed by atoms with E-state index >= 15 is 0 Å². The first kappa shape index (κ1) is 16.1. The van der Waals surface area contributed by atoms with Crippen LogP contribution in [0.1, 0.15) is 57.8 Å². The molecule has 1 saturated carbocycles. The first-order valence-electron chi connectivity index (χ1n) is 8.49. The molecule has 2 unspecified atom stereocenters. The van der Waals surface area contributed by atoms with Crippen LogP contribution >= 0.6 is 0 Å². The molecule has 1 aliphatic carbocycles. The summed E-state index contributed by atoms with van der Waals surface area (Å²) in [6, 6.07) is 0. The van der Waals surface area contributed by atoms with Gasteiger partial charge in [-0.3, -0.25) is 0 Å². The highest BCUT2D eigenvalue weighted by molar-refractivity contribution is 5.57. The van der Waals surface area contributed by atoms with Crippen molar-refractivity contribution in [2.45, 2.75) is 59.8 Å². The van der Waals surface area contributed by atoms with E-state index < -0.39 is 0 Å². The van der Waals surface area contributed by atoms with Crippen molar-refractivity contribution in [3.05, 3.63) is 11.4 Å². The molecule has 118 valence electrons. The Balaban J connectivity index is 2.08. The Morgan fingerprint density at radius 3 is 2.38 bits per heavy atom. The predicted molar refractivity (Wildman–Crippen MR) is 89.9 cm³/mol. The maximum atomic E-state index is 4.72. The number of hydrogen-bond donors (Lipinski definition) is 2. The predicted octanol–water partition coefficient (Wildman–Crippen LogP) is 4.02. The van der Waals surface area contributed by atoms with E-state index in [9.17, 15) is 0 Å². The minimum atomic E-state index is 0.798. The van der Waals surface area contributed by atoms with Crippen molar-refractivity contribution >= 4 is 11.6 Å². The third-order valence-electron chi connectivity index (χ3n) is 4.37. The Kier molecular flexibility index (Phi) is 5.83. The van der Waals surface area contributed by atoms with Crippen LogP contribution in [0.2, 0.25) is 0 Å². The molecule has 2 rings (SSSR count). The van der Waals surface area contributed by atoms with E-state index in [1.165, 1.54) is 19.3 Å². The maximum Gasteiger partial charge on any atom is 0.134 e. The quantitative estimate of drug-likeness (QED) is 0.796. The fourth-order valence-electron chi connectivity index (χ4n) is 3.16. The van der Waals surface area contributed by atoms with Gasteiger partial charge in [-0.15, -0.1) is 0 Å². The van der Waals surface area contributed by atoms with Gasteiger partial charge in [-0.25, -0.2) is 9.97 Å². The highest BCUT2D eigenvalue weighted by Gasteiger charge is 2.21. The van der Waals surface area contributed by atoms with Gasteiger partial charge in [0.25, 0.3) is 0 Å². The van der Waals surface area contributed by atoms with Crippen molar-refractivity contribution in [3.63, 3.8) is 0 Å². The Hall–Kier alpha value is -1.32. The maximum absolute atomic E-state index is 4.72. The van der Waals surface area contributed by atoms with Crippen molar-refractivity contribution in [3.8, 4) is 0 Å². The summed E-state index contributed by atoms with van der Waals surface area (Å²) >= 11 is 0. The molecule has 2 atom stereocenters. The summed E-state index contributed by atoms with van der Waals surface area (Å²) in [6.45, 7) is 10.7. The molecule has 21 heavy (non-hydrogen) atoms. The second kappa shape index (κ2) is 7.62.